The van der Waals surface area contributed by atoms with E-state index in [1.54, 1.807) is 6.20 Å². The fourth-order valence-corrected chi connectivity index (χ4v) is 2.60. The quantitative estimate of drug-likeness (QED) is 0.717. The number of benzene rings is 1. The molecule has 1 saturated carbocycles. The van der Waals surface area contributed by atoms with Crippen LogP contribution in [0.15, 0.2) is 36.5 Å². The summed E-state index contributed by atoms with van der Waals surface area (Å²) in [6.45, 7) is 0. The number of aromatic nitrogens is 4. The van der Waals surface area contributed by atoms with E-state index < -0.39 is 0 Å². The molecule has 1 aliphatic rings. The van der Waals surface area contributed by atoms with Crippen LogP contribution < -0.4 is 0 Å². The Kier molecular flexibility index (Phi) is 2.32. The molecule has 0 radical (unpaired) electrons. The summed E-state index contributed by atoms with van der Waals surface area (Å²) in [4.78, 5) is 4.37. The molecule has 1 aromatic carbocycles. The lowest BCUT2D eigenvalue weighted by atomic mass is 10.1. The minimum Gasteiger partial charge on any atom is -0.269 e. The summed E-state index contributed by atoms with van der Waals surface area (Å²) in [5, 5.41) is 9.72. The number of rotatable bonds is 2. The number of nitrogens with zero attached hydrogens (tertiary/aromatic N) is 4. The fraction of sp³-hybridized carbons (Fsp3) is 0.214. The van der Waals surface area contributed by atoms with Crippen LogP contribution in [-0.4, -0.2) is 19.7 Å². The maximum atomic E-state index is 6.22. The third-order valence-corrected chi connectivity index (χ3v) is 3.70. The Balaban J connectivity index is 2.02. The van der Waals surface area contributed by atoms with Gasteiger partial charge >= 0.3 is 0 Å². The van der Waals surface area contributed by atoms with Gasteiger partial charge in [-0.1, -0.05) is 6.07 Å². The maximum absolute atomic E-state index is 6.22. The third kappa shape index (κ3) is 1.71. The Morgan fingerprint density at radius 3 is 2.84 bits per heavy atom. The Labute approximate surface area is 115 Å². The van der Waals surface area contributed by atoms with Gasteiger partial charge in [-0.25, -0.2) is 0 Å². The normalized spacial score (nSPS) is 15.0. The molecule has 0 amide bonds. The number of hydrogen-bond acceptors (Lipinski definition) is 3. The van der Waals surface area contributed by atoms with Crippen LogP contribution in [-0.2, 0) is 0 Å². The zero-order chi connectivity index (χ0) is 12.8. The van der Waals surface area contributed by atoms with Crippen molar-refractivity contribution in [3.05, 3.63) is 47.6 Å². The first-order chi connectivity index (χ1) is 9.34. The van der Waals surface area contributed by atoms with Crippen LogP contribution in [0.25, 0.3) is 16.6 Å². The van der Waals surface area contributed by atoms with E-state index in [4.69, 9.17) is 11.6 Å². The molecule has 5 heteroatoms. The average molecular weight is 271 g/mol. The second-order valence-corrected chi connectivity index (χ2v) is 5.12. The van der Waals surface area contributed by atoms with Crippen LogP contribution >= 0.6 is 11.6 Å². The molecule has 4 rings (SSSR count). The molecule has 3 aromatic rings. The second kappa shape index (κ2) is 4.03. The smallest absolute Gasteiger partial charge is 0.229 e. The molecule has 0 unspecified atom stereocenters. The van der Waals surface area contributed by atoms with E-state index in [9.17, 15) is 0 Å². The van der Waals surface area contributed by atoms with E-state index in [2.05, 4.69) is 15.2 Å². The van der Waals surface area contributed by atoms with Gasteiger partial charge < -0.3 is 0 Å². The van der Waals surface area contributed by atoms with Gasteiger partial charge in [0.2, 0.25) is 5.28 Å². The molecule has 0 atom stereocenters. The molecule has 1 aliphatic carbocycles. The largest absolute Gasteiger partial charge is 0.269 e. The standard InChI is InChI=1S/C14H11ClN4/c15-14-18-17-13(9-6-7-9)19(14)12-5-1-4-11-10(12)3-2-8-16-11/h1-5,8-9H,6-7H2. The zero-order valence-corrected chi connectivity index (χ0v) is 10.9. The van der Waals surface area contributed by atoms with Crippen molar-refractivity contribution in [1.29, 1.82) is 0 Å². The van der Waals surface area contributed by atoms with Gasteiger partial charge in [0.05, 0.1) is 11.2 Å². The van der Waals surface area contributed by atoms with E-state index in [1.165, 1.54) is 0 Å². The lowest BCUT2D eigenvalue weighted by Gasteiger charge is -2.10. The van der Waals surface area contributed by atoms with E-state index in [1.807, 2.05) is 34.9 Å². The highest BCUT2D eigenvalue weighted by atomic mass is 35.5. The molecule has 1 fully saturated rings. The van der Waals surface area contributed by atoms with Gasteiger partial charge in [-0.15, -0.1) is 10.2 Å². The molecule has 0 aliphatic heterocycles. The van der Waals surface area contributed by atoms with Crippen LogP contribution in [0, 0.1) is 0 Å². The Hall–Kier alpha value is -1.94. The summed E-state index contributed by atoms with van der Waals surface area (Å²) in [6, 6.07) is 9.99. The van der Waals surface area contributed by atoms with Crippen LogP contribution in [0.4, 0.5) is 0 Å². The zero-order valence-electron chi connectivity index (χ0n) is 10.1. The summed E-state index contributed by atoms with van der Waals surface area (Å²) < 4.78 is 1.95. The van der Waals surface area contributed by atoms with Crippen molar-refractivity contribution >= 4 is 22.5 Å². The summed E-state index contributed by atoms with van der Waals surface area (Å²) in [7, 11) is 0. The number of pyridine rings is 1. The molecule has 0 spiro atoms. The van der Waals surface area contributed by atoms with Crippen LogP contribution in [0.3, 0.4) is 0 Å². The van der Waals surface area contributed by atoms with Crippen molar-refractivity contribution < 1.29 is 0 Å². The lowest BCUT2D eigenvalue weighted by Crippen LogP contribution is -2.01. The van der Waals surface area contributed by atoms with E-state index in [0.29, 0.717) is 11.2 Å². The Bertz CT molecular complexity index is 756. The van der Waals surface area contributed by atoms with Crippen molar-refractivity contribution in [3.63, 3.8) is 0 Å². The van der Waals surface area contributed by atoms with E-state index in [0.717, 1.165) is 35.3 Å². The summed E-state index contributed by atoms with van der Waals surface area (Å²) in [5.41, 5.74) is 1.95. The molecular formula is C14H11ClN4. The van der Waals surface area contributed by atoms with Gasteiger partial charge in [0.1, 0.15) is 5.82 Å². The van der Waals surface area contributed by atoms with Gasteiger partial charge in [0.15, 0.2) is 0 Å². The lowest BCUT2D eigenvalue weighted by molar-refractivity contribution is 0.875. The molecule has 2 aromatic heterocycles. The van der Waals surface area contributed by atoms with Crippen molar-refractivity contribution in [3.8, 4) is 5.69 Å². The van der Waals surface area contributed by atoms with Crippen molar-refractivity contribution in [1.82, 2.24) is 19.7 Å². The molecule has 0 saturated heterocycles. The first-order valence-corrected chi connectivity index (χ1v) is 6.67. The van der Waals surface area contributed by atoms with Crippen LogP contribution in [0.5, 0.6) is 0 Å². The highest BCUT2D eigenvalue weighted by Gasteiger charge is 2.30. The molecule has 0 bridgehead atoms. The number of halogens is 1. The molecule has 0 N–H and O–H groups in total. The van der Waals surface area contributed by atoms with Crippen molar-refractivity contribution in [2.24, 2.45) is 0 Å². The fourth-order valence-electron chi connectivity index (χ4n) is 2.39. The second-order valence-electron chi connectivity index (χ2n) is 4.78. The molecular weight excluding hydrogens is 260 g/mol. The SMILES string of the molecule is Clc1nnc(C2CC2)n1-c1cccc2ncccc12. The Morgan fingerprint density at radius 2 is 2.00 bits per heavy atom. The van der Waals surface area contributed by atoms with E-state index in [-0.39, 0.29) is 0 Å². The first-order valence-electron chi connectivity index (χ1n) is 6.29. The summed E-state index contributed by atoms with van der Waals surface area (Å²) >= 11 is 6.22. The van der Waals surface area contributed by atoms with Crippen LogP contribution in [0.2, 0.25) is 5.28 Å². The van der Waals surface area contributed by atoms with Crippen molar-refractivity contribution in [2.75, 3.05) is 0 Å². The molecule has 19 heavy (non-hydrogen) atoms. The van der Waals surface area contributed by atoms with E-state index >= 15 is 0 Å². The van der Waals surface area contributed by atoms with Crippen LogP contribution in [0.1, 0.15) is 24.6 Å². The highest BCUT2D eigenvalue weighted by molar-refractivity contribution is 6.28. The minimum absolute atomic E-state index is 0.415. The first kappa shape index (κ1) is 10.9. The maximum Gasteiger partial charge on any atom is 0.229 e. The van der Waals surface area contributed by atoms with Crippen molar-refractivity contribution in [2.45, 2.75) is 18.8 Å². The number of fused-ring (bicyclic) bond motifs is 1. The minimum atomic E-state index is 0.415. The van der Waals surface area contributed by atoms with Gasteiger partial charge in [-0.2, -0.15) is 0 Å². The van der Waals surface area contributed by atoms with Gasteiger partial charge in [0.25, 0.3) is 0 Å². The van der Waals surface area contributed by atoms with Gasteiger partial charge in [-0.3, -0.25) is 9.55 Å². The third-order valence-electron chi connectivity index (χ3n) is 3.45. The predicted molar refractivity (Wildman–Crippen MR) is 73.6 cm³/mol. The topological polar surface area (TPSA) is 43.6 Å². The Morgan fingerprint density at radius 1 is 1.11 bits per heavy atom. The highest BCUT2D eigenvalue weighted by Crippen LogP contribution is 2.41. The van der Waals surface area contributed by atoms with Gasteiger partial charge in [0, 0.05) is 17.5 Å². The number of hydrogen-bond donors (Lipinski definition) is 0. The summed E-state index contributed by atoms with van der Waals surface area (Å²) in [5.74, 6) is 1.45. The molecule has 4 nitrogen and oxygen atoms in total. The molecule has 2 heterocycles. The summed E-state index contributed by atoms with van der Waals surface area (Å²) in [6.07, 6.45) is 4.12. The van der Waals surface area contributed by atoms with Gasteiger partial charge in [-0.05, 0) is 48.7 Å². The molecule has 94 valence electrons. The average Bonchev–Trinajstić information content (AvgIpc) is 3.22. The predicted octanol–water partition coefficient (Wildman–Crippen LogP) is 3.35. The monoisotopic (exact) mass is 270 g/mol.